The van der Waals surface area contributed by atoms with Crippen molar-refractivity contribution in [2.24, 2.45) is 0 Å². The highest BCUT2D eigenvalue weighted by Crippen LogP contribution is 2.36. The quantitative estimate of drug-likeness (QED) is 0.605. The maximum atomic E-state index is 8.63. The van der Waals surface area contributed by atoms with E-state index in [1.807, 2.05) is 0 Å². The lowest BCUT2D eigenvalue weighted by atomic mass is 9.80. The van der Waals surface area contributed by atoms with Gasteiger partial charge in [0.15, 0.2) is 0 Å². The van der Waals surface area contributed by atoms with Crippen LogP contribution in [-0.4, -0.2) is 11.7 Å². The fraction of sp³-hybridized carbons (Fsp3) is 0.467. The van der Waals surface area contributed by atoms with Crippen LogP contribution in [0.15, 0.2) is 24.3 Å². The monoisotopic (exact) mass is 214 g/mol. The largest absolute Gasteiger partial charge is 0.396 e. The first kappa shape index (κ1) is 11.2. The van der Waals surface area contributed by atoms with Gasteiger partial charge in [0.2, 0.25) is 0 Å². The van der Waals surface area contributed by atoms with Crippen LogP contribution < -0.4 is 0 Å². The number of aliphatic hydroxyl groups excluding tert-OH is 1. The van der Waals surface area contributed by atoms with Crippen LogP contribution in [0.4, 0.5) is 0 Å². The third-order valence-electron chi connectivity index (χ3n) is 3.18. The number of hydrogen-bond donors (Lipinski definition) is 1. The summed E-state index contributed by atoms with van der Waals surface area (Å²) in [7, 11) is 0. The van der Waals surface area contributed by atoms with Gasteiger partial charge in [-0.3, -0.25) is 0 Å². The Morgan fingerprint density at radius 3 is 2.50 bits per heavy atom. The first-order valence-corrected chi connectivity index (χ1v) is 6.10. The summed E-state index contributed by atoms with van der Waals surface area (Å²) < 4.78 is 0. The Morgan fingerprint density at radius 1 is 1.19 bits per heavy atom. The molecule has 1 N–H and O–H groups in total. The van der Waals surface area contributed by atoms with Crippen molar-refractivity contribution in [3.8, 4) is 11.8 Å². The third-order valence-corrected chi connectivity index (χ3v) is 3.18. The van der Waals surface area contributed by atoms with Gasteiger partial charge in [0.1, 0.15) is 0 Å². The van der Waals surface area contributed by atoms with E-state index in [9.17, 15) is 0 Å². The van der Waals surface area contributed by atoms with Crippen molar-refractivity contribution in [2.75, 3.05) is 6.61 Å². The van der Waals surface area contributed by atoms with E-state index in [2.05, 4.69) is 36.1 Å². The van der Waals surface area contributed by atoms with Crippen LogP contribution in [0.5, 0.6) is 0 Å². The average Bonchev–Trinajstić information content (AvgIpc) is 2.24. The maximum absolute atomic E-state index is 8.63. The van der Waals surface area contributed by atoms with Gasteiger partial charge in [-0.1, -0.05) is 30.4 Å². The second-order valence-corrected chi connectivity index (χ2v) is 4.38. The van der Waals surface area contributed by atoms with Gasteiger partial charge in [-0.15, -0.1) is 0 Å². The minimum Gasteiger partial charge on any atom is -0.396 e. The number of benzene rings is 1. The predicted molar refractivity (Wildman–Crippen MR) is 66.2 cm³/mol. The van der Waals surface area contributed by atoms with Gasteiger partial charge in [-0.2, -0.15) is 0 Å². The fourth-order valence-corrected chi connectivity index (χ4v) is 1.91. The van der Waals surface area contributed by atoms with Crippen molar-refractivity contribution in [1.29, 1.82) is 0 Å². The molecule has 1 aromatic carbocycles. The highest BCUT2D eigenvalue weighted by Gasteiger charge is 2.18. The molecule has 84 valence electrons. The second kappa shape index (κ2) is 5.72. The molecule has 0 unspecified atom stereocenters. The number of rotatable bonds is 3. The summed E-state index contributed by atoms with van der Waals surface area (Å²) in [6.45, 7) is 0.231. The summed E-state index contributed by atoms with van der Waals surface area (Å²) in [5, 5.41) is 8.63. The van der Waals surface area contributed by atoms with Crippen molar-refractivity contribution < 1.29 is 5.11 Å². The SMILES string of the molecule is OCCCC#Cc1ccc(C2CCC2)cc1. The van der Waals surface area contributed by atoms with E-state index in [0.717, 1.165) is 24.3 Å². The first-order chi connectivity index (χ1) is 7.90. The predicted octanol–water partition coefficient (Wildman–Crippen LogP) is 3.08. The minimum atomic E-state index is 0.231. The molecule has 0 saturated heterocycles. The molecule has 16 heavy (non-hydrogen) atoms. The fourth-order valence-electron chi connectivity index (χ4n) is 1.91. The van der Waals surface area contributed by atoms with E-state index >= 15 is 0 Å². The van der Waals surface area contributed by atoms with Gasteiger partial charge >= 0.3 is 0 Å². The first-order valence-electron chi connectivity index (χ1n) is 6.10. The van der Waals surface area contributed by atoms with Crippen LogP contribution in [-0.2, 0) is 0 Å². The Labute approximate surface area is 97.5 Å². The summed E-state index contributed by atoms with van der Waals surface area (Å²) in [4.78, 5) is 0. The van der Waals surface area contributed by atoms with Crippen molar-refractivity contribution in [3.63, 3.8) is 0 Å². The van der Waals surface area contributed by atoms with Crippen molar-refractivity contribution >= 4 is 0 Å². The molecule has 1 aliphatic carbocycles. The summed E-state index contributed by atoms with van der Waals surface area (Å²) in [5.74, 6) is 6.99. The van der Waals surface area contributed by atoms with E-state index in [1.165, 1.54) is 24.8 Å². The minimum absolute atomic E-state index is 0.231. The number of unbranched alkanes of at least 4 members (excludes halogenated alkanes) is 1. The molecular formula is C15H18O. The Bertz CT molecular complexity index is 376. The molecular weight excluding hydrogens is 196 g/mol. The topological polar surface area (TPSA) is 20.2 Å². The molecule has 0 bridgehead atoms. The molecule has 0 heterocycles. The van der Waals surface area contributed by atoms with Crippen LogP contribution in [0.25, 0.3) is 0 Å². The summed E-state index contributed by atoms with van der Waals surface area (Å²) in [6.07, 6.45) is 5.63. The zero-order valence-corrected chi connectivity index (χ0v) is 9.58. The second-order valence-electron chi connectivity index (χ2n) is 4.38. The van der Waals surface area contributed by atoms with E-state index in [-0.39, 0.29) is 6.61 Å². The lowest BCUT2D eigenvalue weighted by Crippen LogP contribution is -2.08. The normalized spacial score (nSPS) is 15.1. The molecule has 2 rings (SSSR count). The standard InChI is InChI=1S/C15H18O/c16-12-3-1-2-5-13-8-10-15(11-9-13)14-6-4-7-14/h8-11,14,16H,1,3-4,6-7,12H2. The summed E-state index contributed by atoms with van der Waals surface area (Å²) in [6, 6.07) is 8.64. The van der Waals surface area contributed by atoms with Gasteiger partial charge in [-0.25, -0.2) is 0 Å². The zero-order valence-electron chi connectivity index (χ0n) is 9.58. The zero-order chi connectivity index (χ0) is 11.2. The lowest BCUT2D eigenvalue weighted by molar-refractivity contribution is 0.290. The molecule has 0 atom stereocenters. The Hall–Kier alpha value is -1.26. The Balaban J connectivity index is 1.92. The summed E-state index contributed by atoms with van der Waals surface area (Å²) >= 11 is 0. The van der Waals surface area contributed by atoms with Gasteiger partial charge in [0, 0.05) is 18.6 Å². The van der Waals surface area contributed by atoms with E-state index in [4.69, 9.17) is 5.11 Å². The summed E-state index contributed by atoms with van der Waals surface area (Å²) in [5.41, 5.74) is 2.55. The molecule has 1 nitrogen and oxygen atoms in total. The Kier molecular flexibility index (Phi) is 4.02. The smallest absolute Gasteiger partial charge is 0.0440 e. The number of aliphatic hydroxyl groups is 1. The highest BCUT2D eigenvalue weighted by atomic mass is 16.2. The van der Waals surface area contributed by atoms with Gasteiger partial charge in [0.05, 0.1) is 0 Å². The van der Waals surface area contributed by atoms with Crippen LogP contribution in [0, 0.1) is 11.8 Å². The number of hydrogen-bond acceptors (Lipinski definition) is 1. The van der Waals surface area contributed by atoms with E-state index in [1.54, 1.807) is 0 Å². The average molecular weight is 214 g/mol. The molecule has 1 heteroatoms. The van der Waals surface area contributed by atoms with Crippen LogP contribution in [0.1, 0.15) is 49.1 Å². The van der Waals surface area contributed by atoms with Crippen LogP contribution in [0.2, 0.25) is 0 Å². The lowest BCUT2D eigenvalue weighted by Gasteiger charge is -2.25. The molecule has 0 aromatic heterocycles. The molecule has 1 aromatic rings. The maximum Gasteiger partial charge on any atom is 0.0440 e. The molecule has 1 aliphatic rings. The van der Waals surface area contributed by atoms with Crippen LogP contribution in [0.3, 0.4) is 0 Å². The molecule has 0 aliphatic heterocycles. The van der Waals surface area contributed by atoms with Crippen molar-refractivity contribution in [1.82, 2.24) is 0 Å². The van der Waals surface area contributed by atoms with Crippen LogP contribution >= 0.6 is 0 Å². The highest BCUT2D eigenvalue weighted by molar-refractivity contribution is 5.37. The van der Waals surface area contributed by atoms with Crippen molar-refractivity contribution in [3.05, 3.63) is 35.4 Å². The van der Waals surface area contributed by atoms with E-state index in [0.29, 0.717) is 0 Å². The molecule has 0 radical (unpaired) electrons. The van der Waals surface area contributed by atoms with Gasteiger partial charge in [-0.05, 0) is 42.9 Å². The van der Waals surface area contributed by atoms with Crippen molar-refractivity contribution in [2.45, 2.75) is 38.0 Å². The molecule has 1 saturated carbocycles. The van der Waals surface area contributed by atoms with Gasteiger partial charge in [0.25, 0.3) is 0 Å². The van der Waals surface area contributed by atoms with E-state index < -0.39 is 0 Å². The molecule has 0 spiro atoms. The van der Waals surface area contributed by atoms with Gasteiger partial charge < -0.3 is 5.11 Å². The Morgan fingerprint density at radius 2 is 1.94 bits per heavy atom. The third kappa shape index (κ3) is 2.87. The molecule has 1 fully saturated rings. The molecule has 0 amide bonds.